The lowest BCUT2D eigenvalue weighted by atomic mass is 10.2. The largest absolute Gasteiger partial charge is 0.370 e. The minimum atomic E-state index is -0.0455. The van der Waals surface area contributed by atoms with E-state index in [4.69, 9.17) is 0 Å². The Kier molecular flexibility index (Phi) is 4.76. The number of hydrogen-bond acceptors (Lipinski definition) is 3. The molecule has 0 radical (unpaired) electrons. The van der Waals surface area contributed by atoms with Crippen molar-refractivity contribution in [2.45, 2.75) is 33.2 Å². The first-order chi connectivity index (χ1) is 7.67. The van der Waals surface area contributed by atoms with Gasteiger partial charge in [-0.15, -0.1) is 0 Å². The van der Waals surface area contributed by atoms with Crippen molar-refractivity contribution in [3.63, 3.8) is 0 Å². The summed E-state index contributed by atoms with van der Waals surface area (Å²) in [4.78, 5) is 15.9. The van der Waals surface area contributed by atoms with Gasteiger partial charge >= 0.3 is 0 Å². The maximum absolute atomic E-state index is 11.8. The third-order valence-electron chi connectivity index (χ3n) is 2.37. The average Bonchev–Trinajstić information content (AvgIpc) is 2.29. The molecule has 0 bridgehead atoms. The van der Waals surface area contributed by atoms with Gasteiger partial charge in [0.2, 0.25) is 0 Å². The van der Waals surface area contributed by atoms with E-state index in [1.807, 2.05) is 20.8 Å². The maximum Gasteiger partial charge on any atom is 0.251 e. The summed E-state index contributed by atoms with van der Waals surface area (Å²) in [5.74, 6) is 0.690. The van der Waals surface area contributed by atoms with Crippen LogP contribution < -0.4 is 10.6 Å². The number of nitrogens with zero attached hydrogens (tertiary/aromatic N) is 1. The number of anilines is 1. The summed E-state index contributed by atoms with van der Waals surface area (Å²) in [6.45, 7) is 6.82. The first-order valence-corrected chi connectivity index (χ1v) is 5.68. The van der Waals surface area contributed by atoms with Crippen LogP contribution in [0.2, 0.25) is 0 Å². The smallest absolute Gasteiger partial charge is 0.251 e. The zero-order valence-electron chi connectivity index (χ0n) is 10.1. The molecule has 0 spiro atoms. The fraction of sp³-hybridized carbons (Fsp3) is 0.500. The molecule has 1 aromatic heterocycles. The van der Waals surface area contributed by atoms with Crippen LogP contribution in [0.25, 0.3) is 0 Å². The van der Waals surface area contributed by atoms with Gasteiger partial charge in [0.05, 0.1) is 0 Å². The topological polar surface area (TPSA) is 54.0 Å². The highest BCUT2D eigenvalue weighted by Crippen LogP contribution is 2.06. The molecule has 0 aliphatic carbocycles. The van der Waals surface area contributed by atoms with E-state index in [2.05, 4.69) is 15.6 Å². The highest BCUT2D eigenvalue weighted by atomic mass is 16.1. The summed E-state index contributed by atoms with van der Waals surface area (Å²) >= 11 is 0. The zero-order valence-corrected chi connectivity index (χ0v) is 10.1. The third-order valence-corrected chi connectivity index (χ3v) is 2.37. The minimum Gasteiger partial charge on any atom is -0.370 e. The number of pyridine rings is 1. The van der Waals surface area contributed by atoms with E-state index in [1.165, 1.54) is 0 Å². The van der Waals surface area contributed by atoms with E-state index in [9.17, 15) is 4.79 Å². The molecular weight excluding hydrogens is 202 g/mol. The van der Waals surface area contributed by atoms with E-state index in [0.29, 0.717) is 5.56 Å². The highest BCUT2D eigenvalue weighted by Gasteiger charge is 2.08. The molecule has 4 nitrogen and oxygen atoms in total. The van der Waals surface area contributed by atoms with Crippen LogP contribution >= 0.6 is 0 Å². The number of nitrogens with one attached hydrogen (secondary N) is 2. The fourth-order valence-corrected chi connectivity index (χ4v) is 1.26. The second-order valence-electron chi connectivity index (χ2n) is 3.74. The van der Waals surface area contributed by atoms with E-state index in [1.54, 1.807) is 18.3 Å². The summed E-state index contributed by atoms with van der Waals surface area (Å²) in [6, 6.07) is 3.68. The Hall–Kier alpha value is -1.58. The quantitative estimate of drug-likeness (QED) is 0.800. The summed E-state index contributed by atoms with van der Waals surface area (Å²) < 4.78 is 0. The van der Waals surface area contributed by atoms with Crippen LogP contribution in [-0.2, 0) is 0 Å². The highest BCUT2D eigenvalue weighted by molar-refractivity contribution is 5.94. The van der Waals surface area contributed by atoms with Crippen molar-refractivity contribution in [2.24, 2.45) is 0 Å². The molecule has 0 saturated heterocycles. The molecule has 0 saturated carbocycles. The molecule has 1 amide bonds. The van der Waals surface area contributed by atoms with Crippen LogP contribution in [0.3, 0.4) is 0 Å². The Labute approximate surface area is 96.5 Å². The Morgan fingerprint density at radius 1 is 1.50 bits per heavy atom. The van der Waals surface area contributed by atoms with Crippen molar-refractivity contribution in [1.82, 2.24) is 10.3 Å². The first kappa shape index (κ1) is 12.5. The molecule has 1 rings (SSSR count). The first-order valence-electron chi connectivity index (χ1n) is 5.68. The molecule has 1 unspecified atom stereocenters. The van der Waals surface area contributed by atoms with Gasteiger partial charge < -0.3 is 10.6 Å². The van der Waals surface area contributed by atoms with Crippen LogP contribution in [0.4, 0.5) is 5.82 Å². The Bertz CT molecular complexity index is 352. The van der Waals surface area contributed by atoms with Gasteiger partial charge in [-0.1, -0.05) is 6.92 Å². The molecule has 1 aromatic rings. The molecule has 4 heteroatoms. The van der Waals surface area contributed by atoms with Crippen LogP contribution in [0, 0.1) is 0 Å². The van der Waals surface area contributed by atoms with Gasteiger partial charge in [0.15, 0.2) is 0 Å². The van der Waals surface area contributed by atoms with Crippen molar-refractivity contribution >= 4 is 11.7 Å². The van der Waals surface area contributed by atoms with Gasteiger partial charge in [-0.2, -0.15) is 0 Å². The van der Waals surface area contributed by atoms with Crippen LogP contribution in [-0.4, -0.2) is 23.5 Å². The number of carbonyl (C=O) groups excluding carboxylic acids is 1. The molecule has 0 fully saturated rings. The summed E-state index contributed by atoms with van der Waals surface area (Å²) in [5, 5.41) is 6.00. The van der Waals surface area contributed by atoms with Crippen LogP contribution in [0.5, 0.6) is 0 Å². The van der Waals surface area contributed by atoms with Gasteiger partial charge in [-0.3, -0.25) is 4.79 Å². The van der Waals surface area contributed by atoms with Crippen molar-refractivity contribution in [3.8, 4) is 0 Å². The third kappa shape index (κ3) is 3.53. The number of hydrogen-bond donors (Lipinski definition) is 2. The molecule has 0 aliphatic heterocycles. The SMILES string of the molecule is CCNc1cc(C(=O)NC(C)CC)ccn1. The monoisotopic (exact) mass is 221 g/mol. The minimum absolute atomic E-state index is 0.0455. The van der Waals surface area contributed by atoms with Crippen molar-refractivity contribution in [3.05, 3.63) is 23.9 Å². The van der Waals surface area contributed by atoms with Gasteiger partial charge in [-0.05, 0) is 32.4 Å². The molecular formula is C12H19N3O. The van der Waals surface area contributed by atoms with Crippen LogP contribution in [0.15, 0.2) is 18.3 Å². The van der Waals surface area contributed by atoms with Crippen molar-refractivity contribution < 1.29 is 4.79 Å². The van der Waals surface area contributed by atoms with Gasteiger partial charge in [0, 0.05) is 24.3 Å². The molecule has 88 valence electrons. The van der Waals surface area contributed by atoms with Crippen LogP contribution in [0.1, 0.15) is 37.6 Å². The lowest BCUT2D eigenvalue weighted by Crippen LogP contribution is -2.31. The number of rotatable bonds is 5. The fourth-order valence-electron chi connectivity index (χ4n) is 1.26. The predicted molar refractivity (Wildman–Crippen MR) is 65.6 cm³/mol. The van der Waals surface area contributed by atoms with Gasteiger partial charge in [-0.25, -0.2) is 4.98 Å². The number of amides is 1. The second kappa shape index (κ2) is 6.10. The molecule has 16 heavy (non-hydrogen) atoms. The lowest BCUT2D eigenvalue weighted by molar-refractivity contribution is 0.0939. The van der Waals surface area contributed by atoms with Crippen molar-refractivity contribution in [2.75, 3.05) is 11.9 Å². The summed E-state index contributed by atoms with van der Waals surface area (Å²) in [7, 11) is 0. The molecule has 1 atom stereocenters. The van der Waals surface area contributed by atoms with E-state index in [0.717, 1.165) is 18.8 Å². The summed E-state index contributed by atoms with van der Waals surface area (Å²) in [5.41, 5.74) is 0.645. The van der Waals surface area contributed by atoms with Gasteiger partial charge in [0.1, 0.15) is 5.82 Å². The second-order valence-corrected chi connectivity index (χ2v) is 3.74. The molecule has 1 heterocycles. The summed E-state index contributed by atoms with van der Waals surface area (Å²) in [6.07, 6.45) is 2.57. The maximum atomic E-state index is 11.8. The zero-order chi connectivity index (χ0) is 12.0. The molecule has 0 aliphatic rings. The lowest BCUT2D eigenvalue weighted by Gasteiger charge is -2.11. The number of aromatic nitrogens is 1. The van der Waals surface area contributed by atoms with E-state index in [-0.39, 0.29) is 11.9 Å². The molecule has 0 aromatic carbocycles. The number of carbonyl (C=O) groups is 1. The predicted octanol–water partition coefficient (Wildman–Crippen LogP) is 2.04. The standard InChI is InChI=1S/C12H19N3O/c1-4-9(3)15-12(16)10-6-7-14-11(8-10)13-5-2/h6-9H,4-5H2,1-3H3,(H,13,14)(H,15,16). The average molecular weight is 221 g/mol. The van der Waals surface area contributed by atoms with Crippen molar-refractivity contribution in [1.29, 1.82) is 0 Å². The Morgan fingerprint density at radius 3 is 2.88 bits per heavy atom. The van der Waals surface area contributed by atoms with Gasteiger partial charge in [0.25, 0.3) is 5.91 Å². The Morgan fingerprint density at radius 2 is 2.25 bits per heavy atom. The Balaban J connectivity index is 2.71. The molecule has 2 N–H and O–H groups in total. The van der Waals surface area contributed by atoms with E-state index < -0.39 is 0 Å². The van der Waals surface area contributed by atoms with E-state index >= 15 is 0 Å². The normalized spacial score (nSPS) is 11.9.